The molecule has 0 amide bonds. The summed E-state index contributed by atoms with van der Waals surface area (Å²) < 4.78 is 0. The van der Waals surface area contributed by atoms with Gasteiger partial charge < -0.3 is 9.80 Å². The average Bonchev–Trinajstić information content (AvgIpc) is 2.96. The van der Waals surface area contributed by atoms with Gasteiger partial charge in [-0.15, -0.1) is 11.3 Å². The molecule has 5 heteroatoms. The quantitative estimate of drug-likeness (QED) is 0.683. The van der Waals surface area contributed by atoms with Crippen molar-refractivity contribution in [3.05, 3.63) is 46.1 Å². The molecule has 3 aromatic rings. The third kappa shape index (κ3) is 3.05. The van der Waals surface area contributed by atoms with E-state index >= 15 is 0 Å². The first-order valence-corrected chi connectivity index (χ1v) is 10.2. The van der Waals surface area contributed by atoms with Crippen LogP contribution in [0.1, 0.15) is 28.8 Å². The van der Waals surface area contributed by atoms with Crippen molar-refractivity contribution in [2.45, 2.75) is 34.1 Å². The topological polar surface area (TPSA) is 32.3 Å². The molecule has 0 saturated carbocycles. The number of aryl methyl sites for hydroxylation is 4. The molecular weight excluding hydrogens is 340 g/mol. The van der Waals surface area contributed by atoms with Gasteiger partial charge in [0.2, 0.25) is 0 Å². The lowest BCUT2D eigenvalue weighted by Crippen LogP contribution is -2.47. The third-order valence-corrected chi connectivity index (χ3v) is 6.45. The highest BCUT2D eigenvalue weighted by molar-refractivity contribution is 7.18. The summed E-state index contributed by atoms with van der Waals surface area (Å²) in [5.41, 5.74) is 3.97. The van der Waals surface area contributed by atoms with E-state index < -0.39 is 0 Å². The van der Waals surface area contributed by atoms with Crippen LogP contribution in [0.15, 0.2) is 24.3 Å². The largest absolute Gasteiger partial charge is 0.368 e. The maximum atomic E-state index is 4.93. The summed E-state index contributed by atoms with van der Waals surface area (Å²) in [6.45, 7) is 12.7. The van der Waals surface area contributed by atoms with Gasteiger partial charge >= 0.3 is 0 Å². The van der Waals surface area contributed by atoms with Gasteiger partial charge in [0, 0.05) is 43.2 Å². The number of fused-ring (bicyclic) bond motifs is 1. The molecule has 1 aliphatic rings. The predicted octanol–water partition coefficient (Wildman–Crippen LogP) is 4.51. The van der Waals surface area contributed by atoms with E-state index in [1.165, 1.54) is 27.1 Å². The first kappa shape index (κ1) is 17.3. The van der Waals surface area contributed by atoms with Crippen LogP contribution < -0.4 is 9.80 Å². The van der Waals surface area contributed by atoms with Gasteiger partial charge in [0.25, 0.3) is 0 Å². The molecule has 136 valence electrons. The van der Waals surface area contributed by atoms with Crippen molar-refractivity contribution in [2.75, 3.05) is 36.0 Å². The number of aromatic nitrogens is 2. The van der Waals surface area contributed by atoms with E-state index in [1.807, 2.05) is 0 Å². The zero-order chi connectivity index (χ0) is 18.3. The Balaban J connectivity index is 1.62. The molecule has 0 spiro atoms. The van der Waals surface area contributed by atoms with Crippen LogP contribution in [-0.2, 0) is 6.42 Å². The fourth-order valence-electron chi connectivity index (χ4n) is 3.59. The molecule has 4 nitrogen and oxygen atoms in total. The molecule has 1 saturated heterocycles. The summed E-state index contributed by atoms with van der Waals surface area (Å²) >= 11 is 1.80. The molecule has 0 N–H and O–H groups in total. The van der Waals surface area contributed by atoms with Gasteiger partial charge in [-0.1, -0.05) is 24.6 Å². The summed E-state index contributed by atoms with van der Waals surface area (Å²) in [7, 11) is 0. The molecule has 0 atom stereocenters. The molecule has 4 rings (SSSR count). The van der Waals surface area contributed by atoms with Crippen molar-refractivity contribution >= 4 is 33.1 Å². The second-order valence-corrected chi connectivity index (χ2v) is 8.29. The molecule has 0 radical (unpaired) electrons. The van der Waals surface area contributed by atoms with E-state index in [2.05, 4.69) is 61.8 Å². The molecule has 1 fully saturated rings. The highest BCUT2D eigenvalue weighted by Crippen LogP contribution is 2.35. The maximum Gasteiger partial charge on any atom is 0.141 e. The Labute approximate surface area is 159 Å². The number of thiophene rings is 1. The SMILES string of the molecule is CCc1nc(N2CCN(c3ccc(C)cc3)CC2)c2c(C)c(C)sc2n1. The molecule has 1 aromatic carbocycles. The van der Waals surface area contributed by atoms with Gasteiger partial charge in [-0.25, -0.2) is 9.97 Å². The summed E-state index contributed by atoms with van der Waals surface area (Å²) in [4.78, 5) is 17.1. The van der Waals surface area contributed by atoms with Crippen molar-refractivity contribution in [3.8, 4) is 0 Å². The fraction of sp³-hybridized carbons (Fsp3) is 0.429. The Morgan fingerprint density at radius 1 is 0.923 bits per heavy atom. The van der Waals surface area contributed by atoms with Gasteiger partial charge in [0.15, 0.2) is 0 Å². The van der Waals surface area contributed by atoms with Crippen LogP contribution in [0.4, 0.5) is 11.5 Å². The summed E-state index contributed by atoms with van der Waals surface area (Å²) in [5, 5.41) is 1.26. The first-order chi connectivity index (χ1) is 12.6. The standard InChI is InChI=1S/C21H26N4S/c1-5-18-22-20(19-15(3)16(4)26-21(19)23-18)25-12-10-24(11-13-25)17-8-6-14(2)7-9-17/h6-9H,5,10-13H2,1-4H3. The van der Waals surface area contributed by atoms with Gasteiger partial charge in [0.05, 0.1) is 5.39 Å². The second-order valence-electron chi connectivity index (χ2n) is 7.09. The minimum absolute atomic E-state index is 0.877. The Kier molecular flexibility index (Phi) is 4.57. The molecule has 0 unspecified atom stereocenters. The van der Waals surface area contributed by atoms with E-state index in [0.29, 0.717) is 0 Å². The van der Waals surface area contributed by atoms with Crippen LogP contribution in [0.25, 0.3) is 10.2 Å². The molecular formula is C21H26N4S. The van der Waals surface area contributed by atoms with Crippen molar-refractivity contribution < 1.29 is 0 Å². The van der Waals surface area contributed by atoms with Crippen LogP contribution >= 0.6 is 11.3 Å². The Bertz CT molecular complexity index is 921. The number of rotatable bonds is 3. The van der Waals surface area contributed by atoms with E-state index in [9.17, 15) is 0 Å². The van der Waals surface area contributed by atoms with Crippen molar-refractivity contribution in [1.82, 2.24) is 9.97 Å². The van der Waals surface area contributed by atoms with Gasteiger partial charge in [-0.3, -0.25) is 0 Å². The minimum Gasteiger partial charge on any atom is -0.368 e. The number of piperazine rings is 1. The van der Waals surface area contributed by atoms with Gasteiger partial charge in [-0.2, -0.15) is 0 Å². The monoisotopic (exact) mass is 366 g/mol. The number of hydrogen-bond acceptors (Lipinski definition) is 5. The highest BCUT2D eigenvalue weighted by Gasteiger charge is 2.23. The Hall–Kier alpha value is -2.14. The summed E-state index contributed by atoms with van der Waals surface area (Å²) in [5.74, 6) is 2.09. The van der Waals surface area contributed by atoms with Crippen LogP contribution in [0.2, 0.25) is 0 Å². The zero-order valence-corrected chi connectivity index (χ0v) is 16.9. The Morgan fingerprint density at radius 3 is 2.23 bits per heavy atom. The second kappa shape index (κ2) is 6.88. The van der Waals surface area contributed by atoms with Gasteiger partial charge in [0.1, 0.15) is 16.5 Å². The molecule has 3 heterocycles. The highest BCUT2D eigenvalue weighted by atomic mass is 32.1. The molecule has 2 aromatic heterocycles. The van der Waals surface area contributed by atoms with E-state index in [1.54, 1.807) is 11.3 Å². The van der Waals surface area contributed by atoms with Crippen LogP contribution in [0.5, 0.6) is 0 Å². The third-order valence-electron chi connectivity index (χ3n) is 5.35. The normalized spacial score (nSPS) is 15.1. The van der Waals surface area contributed by atoms with Crippen LogP contribution in [0.3, 0.4) is 0 Å². The average molecular weight is 367 g/mol. The Morgan fingerprint density at radius 2 is 1.58 bits per heavy atom. The lowest BCUT2D eigenvalue weighted by molar-refractivity contribution is 0.647. The number of nitrogens with zero attached hydrogens (tertiary/aromatic N) is 4. The minimum atomic E-state index is 0.877. The maximum absolute atomic E-state index is 4.93. The molecule has 1 aliphatic heterocycles. The fourth-order valence-corrected chi connectivity index (χ4v) is 4.63. The summed E-state index contributed by atoms with van der Waals surface area (Å²) in [6.07, 6.45) is 0.877. The number of benzene rings is 1. The van der Waals surface area contributed by atoms with Crippen molar-refractivity contribution in [1.29, 1.82) is 0 Å². The number of anilines is 2. The molecule has 0 aliphatic carbocycles. The lowest BCUT2D eigenvalue weighted by atomic mass is 10.1. The summed E-state index contributed by atoms with van der Waals surface area (Å²) in [6, 6.07) is 8.85. The smallest absolute Gasteiger partial charge is 0.141 e. The van der Waals surface area contributed by atoms with Crippen molar-refractivity contribution in [2.24, 2.45) is 0 Å². The van der Waals surface area contributed by atoms with E-state index in [-0.39, 0.29) is 0 Å². The van der Waals surface area contributed by atoms with Gasteiger partial charge in [-0.05, 0) is 38.5 Å². The zero-order valence-electron chi connectivity index (χ0n) is 16.0. The molecule has 26 heavy (non-hydrogen) atoms. The van der Waals surface area contributed by atoms with Crippen molar-refractivity contribution in [3.63, 3.8) is 0 Å². The lowest BCUT2D eigenvalue weighted by Gasteiger charge is -2.37. The predicted molar refractivity (Wildman–Crippen MR) is 112 cm³/mol. The first-order valence-electron chi connectivity index (χ1n) is 9.40. The van der Waals surface area contributed by atoms with E-state index in [0.717, 1.165) is 49.1 Å². The number of hydrogen-bond donors (Lipinski definition) is 0. The van der Waals surface area contributed by atoms with Crippen LogP contribution in [0, 0.1) is 20.8 Å². The molecule has 0 bridgehead atoms. The van der Waals surface area contributed by atoms with E-state index in [4.69, 9.17) is 9.97 Å². The van der Waals surface area contributed by atoms with Crippen LogP contribution in [-0.4, -0.2) is 36.1 Å².